The second-order valence-corrected chi connectivity index (χ2v) is 4.40. The molecule has 96 valence electrons. The van der Waals surface area contributed by atoms with E-state index < -0.39 is 11.9 Å². The van der Waals surface area contributed by atoms with Crippen molar-refractivity contribution in [3.63, 3.8) is 0 Å². The Hall–Kier alpha value is -2.35. The third-order valence-corrected chi connectivity index (χ3v) is 2.94. The Bertz CT molecular complexity index is 544. The first-order valence-electron chi connectivity index (χ1n) is 6.25. The van der Waals surface area contributed by atoms with Gasteiger partial charge in [-0.1, -0.05) is 72.8 Å². The maximum atomic E-state index is 11.3. The Morgan fingerprint density at radius 1 is 1.00 bits per heavy atom. The van der Waals surface area contributed by atoms with Gasteiger partial charge in [0.05, 0.1) is 5.92 Å². The first kappa shape index (κ1) is 13.1. The van der Waals surface area contributed by atoms with E-state index >= 15 is 0 Å². The molecule has 0 bridgehead atoms. The van der Waals surface area contributed by atoms with Gasteiger partial charge >= 0.3 is 5.97 Å². The highest BCUT2D eigenvalue weighted by atomic mass is 16.4. The van der Waals surface area contributed by atoms with E-state index in [0.29, 0.717) is 6.42 Å². The molecular weight excluding hydrogens is 236 g/mol. The van der Waals surface area contributed by atoms with E-state index in [0.717, 1.165) is 11.1 Å². The maximum Gasteiger partial charge on any atom is 0.310 e. The Morgan fingerprint density at radius 3 is 2.16 bits per heavy atom. The summed E-state index contributed by atoms with van der Waals surface area (Å²) < 4.78 is 0. The van der Waals surface area contributed by atoms with E-state index in [1.54, 1.807) is 6.08 Å². The molecule has 0 spiro atoms. The Labute approximate surface area is 113 Å². The molecule has 2 aromatic rings. The molecule has 0 fully saturated rings. The zero-order chi connectivity index (χ0) is 13.5. The summed E-state index contributed by atoms with van der Waals surface area (Å²) in [7, 11) is 0. The highest BCUT2D eigenvalue weighted by molar-refractivity contribution is 5.74. The molecule has 2 heteroatoms. The van der Waals surface area contributed by atoms with Gasteiger partial charge < -0.3 is 5.11 Å². The van der Waals surface area contributed by atoms with Crippen LogP contribution in [-0.2, 0) is 11.2 Å². The predicted octanol–water partition coefficient (Wildman–Crippen LogP) is 3.64. The molecule has 0 aliphatic heterocycles. The Morgan fingerprint density at radius 2 is 1.58 bits per heavy atom. The van der Waals surface area contributed by atoms with E-state index in [1.807, 2.05) is 66.7 Å². The van der Waals surface area contributed by atoms with Gasteiger partial charge in [0.25, 0.3) is 0 Å². The average molecular weight is 252 g/mol. The monoisotopic (exact) mass is 252 g/mol. The van der Waals surface area contributed by atoms with Crippen LogP contribution in [-0.4, -0.2) is 11.1 Å². The molecule has 0 amide bonds. The van der Waals surface area contributed by atoms with E-state index in [-0.39, 0.29) is 0 Å². The predicted molar refractivity (Wildman–Crippen MR) is 76.7 cm³/mol. The van der Waals surface area contributed by atoms with Crippen LogP contribution in [0.25, 0.3) is 6.08 Å². The van der Waals surface area contributed by atoms with Crippen LogP contribution >= 0.6 is 0 Å². The quantitative estimate of drug-likeness (QED) is 0.882. The highest BCUT2D eigenvalue weighted by Crippen LogP contribution is 2.12. The summed E-state index contributed by atoms with van der Waals surface area (Å²) in [5, 5.41) is 9.26. The zero-order valence-corrected chi connectivity index (χ0v) is 10.6. The number of rotatable bonds is 5. The summed E-state index contributed by atoms with van der Waals surface area (Å²) >= 11 is 0. The van der Waals surface area contributed by atoms with Crippen molar-refractivity contribution in [2.24, 2.45) is 5.92 Å². The fourth-order valence-corrected chi connectivity index (χ4v) is 1.90. The standard InChI is InChI=1S/C17H16O2/c18-17(19)16(13-15-9-5-2-6-10-15)12-11-14-7-3-1-4-8-14/h1-12,16H,13H2,(H,18,19)/b12-11+/t16-/m1/s1. The topological polar surface area (TPSA) is 37.3 Å². The van der Waals surface area contributed by atoms with E-state index in [2.05, 4.69) is 0 Å². The van der Waals surface area contributed by atoms with Crippen molar-refractivity contribution in [3.8, 4) is 0 Å². The molecule has 1 atom stereocenters. The van der Waals surface area contributed by atoms with Crippen molar-refractivity contribution >= 4 is 12.0 Å². The van der Waals surface area contributed by atoms with Crippen LogP contribution in [0, 0.1) is 5.92 Å². The smallest absolute Gasteiger partial charge is 0.310 e. The van der Waals surface area contributed by atoms with Crippen LogP contribution in [0.1, 0.15) is 11.1 Å². The van der Waals surface area contributed by atoms with Crippen molar-refractivity contribution in [2.75, 3.05) is 0 Å². The van der Waals surface area contributed by atoms with Gasteiger partial charge in [0.1, 0.15) is 0 Å². The Balaban J connectivity index is 2.09. The lowest BCUT2D eigenvalue weighted by Crippen LogP contribution is -2.13. The molecular formula is C17H16O2. The molecule has 1 N–H and O–H groups in total. The van der Waals surface area contributed by atoms with Crippen LogP contribution in [0.5, 0.6) is 0 Å². The fourth-order valence-electron chi connectivity index (χ4n) is 1.90. The number of hydrogen-bond donors (Lipinski definition) is 1. The molecule has 0 aliphatic rings. The average Bonchev–Trinajstić information content (AvgIpc) is 2.45. The molecule has 0 unspecified atom stereocenters. The summed E-state index contributed by atoms with van der Waals surface area (Å²) in [6, 6.07) is 19.4. The van der Waals surface area contributed by atoms with Gasteiger partial charge in [0.15, 0.2) is 0 Å². The van der Waals surface area contributed by atoms with Gasteiger partial charge in [-0.25, -0.2) is 0 Å². The van der Waals surface area contributed by atoms with Crippen molar-refractivity contribution in [1.29, 1.82) is 0 Å². The number of carboxylic acid groups (broad SMARTS) is 1. The molecule has 2 aromatic carbocycles. The first-order chi connectivity index (χ1) is 9.25. The molecule has 0 saturated heterocycles. The summed E-state index contributed by atoms with van der Waals surface area (Å²) in [5.41, 5.74) is 2.05. The number of aliphatic carboxylic acids is 1. The Kier molecular flexibility index (Phi) is 4.51. The first-order valence-corrected chi connectivity index (χ1v) is 6.25. The van der Waals surface area contributed by atoms with Crippen LogP contribution in [0.15, 0.2) is 66.7 Å². The lowest BCUT2D eigenvalue weighted by atomic mass is 9.98. The normalized spacial score (nSPS) is 12.4. The van der Waals surface area contributed by atoms with E-state index in [9.17, 15) is 9.90 Å². The SMILES string of the molecule is O=C(O)[C@H](/C=C/c1ccccc1)Cc1ccccc1. The van der Waals surface area contributed by atoms with Crippen LogP contribution in [0.4, 0.5) is 0 Å². The number of carboxylic acids is 1. The van der Waals surface area contributed by atoms with Gasteiger partial charge in [-0.3, -0.25) is 4.79 Å². The van der Waals surface area contributed by atoms with Crippen molar-refractivity contribution < 1.29 is 9.90 Å². The maximum absolute atomic E-state index is 11.3. The molecule has 0 saturated carbocycles. The highest BCUT2D eigenvalue weighted by Gasteiger charge is 2.14. The van der Waals surface area contributed by atoms with Gasteiger partial charge in [-0.05, 0) is 17.5 Å². The van der Waals surface area contributed by atoms with E-state index in [1.165, 1.54) is 0 Å². The lowest BCUT2D eigenvalue weighted by Gasteiger charge is -2.07. The molecule has 0 radical (unpaired) electrons. The second-order valence-electron chi connectivity index (χ2n) is 4.40. The lowest BCUT2D eigenvalue weighted by molar-refractivity contribution is -0.140. The minimum absolute atomic E-state index is 0.498. The zero-order valence-electron chi connectivity index (χ0n) is 10.6. The fraction of sp³-hybridized carbons (Fsp3) is 0.118. The largest absolute Gasteiger partial charge is 0.481 e. The number of carbonyl (C=O) groups is 1. The van der Waals surface area contributed by atoms with Gasteiger partial charge in [0, 0.05) is 0 Å². The van der Waals surface area contributed by atoms with Crippen molar-refractivity contribution in [1.82, 2.24) is 0 Å². The van der Waals surface area contributed by atoms with Gasteiger partial charge in [-0.2, -0.15) is 0 Å². The second kappa shape index (κ2) is 6.55. The third kappa shape index (κ3) is 4.11. The summed E-state index contributed by atoms with van der Waals surface area (Å²) in [5.74, 6) is -1.29. The van der Waals surface area contributed by atoms with E-state index in [4.69, 9.17) is 0 Å². The molecule has 0 heterocycles. The minimum atomic E-state index is -0.795. The molecule has 2 rings (SSSR count). The molecule has 0 aliphatic carbocycles. The van der Waals surface area contributed by atoms with Gasteiger partial charge in [0.2, 0.25) is 0 Å². The molecule has 19 heavy (non-hydrogen) atoms. The molecule has 2 nitrogen and oxygen atoms in total. The van der Waals surface area contributed by atoms with Crippen LogP contribution < -0.4 is 0 Å². The minimum Gasteiger partial charge on any atom is -0.481 e. The van der Waals surface area contributed by atoms with Crippen molar-refractivity contribution in [2.45, 2.75) is 6.42 Å². The number of hydrogen-bond acceptors (Lipinski definition) is 1. The summed E-state index contributed by atoms with van der Waals surface area (Å²) in [6.07, 6.45) is 4.13. The van der Waals surface area contributed by atoms with Crippen molar-refractivity contribution in [3.05, 3.63) is 77.9 Å². The number of benzene rings is 2. The third-order valence-electron chi connectivity index (χ3n) is 2.94. The summed E-state index contributed by atoms with van der Waals surface area (Å²) in [6.45, 7) is 0. The molecule has 0 aromatic heterocycles. The van der Waals surface area contributed by atoms with Crippen LogP contribution in [0.3, 0.4) is 0 Å². The van der Waals surface area contributed by atoms with Crippen LogP contribution in [0.2, 0.25) is 0 Å². The summed E-state index contributed by atoms with van der Waals surface area (Å²) in [4.78, 5) is 11.3. The van der Waals surface area contributed by atoms with Gasteiger partial charge in [-0.15, -0.1) is 0 Å².